The summed E-state index contributed by atoms with van der Waals surface area (Å²) >= 11 is 3.64. The van der Waals surface area contributed by atoms with Gasteiger partial charge in [0.25, 0.3) is 0 Å². The van der Waals surface area contributed by atoms with Crippen LogP contribution in [0.4, 0.5) is 0 Å². The molecule has 0 aliphatic heterocycles. The van der Waals surface area contributed by atoms with Crippen molar-refractivity contribution in [1.82, 2.24) is 14.7 Å². The van der Waals surface area contributed by atoms with Crippen molar-refractivity contribution < 1.29 is 0 Å². The molecule has 0 fully saturated rings. The Morgan fingerprint density at radius 1 is 1.39 bits per heavy atom. The average Bonchev–Trinajstić information content (AvgIpc) is 2.85. The van der Waals surface area contributed by atoms with Crippen molar-refractivity contribution in [3.05, 3.63) is 22.5 Å². The van der Waals surface area contributed by atoms with Gasteiger partial charge in [-0.2, -0.15) is 11.8 Å². The van der Waals surface area contributed by atoms with E-state index in [1.165, 1.54) is 30.0 Å². The Bertz CT molecular complexity index is 502. The van der Waals surface area contributed by atoms with E-state index in [9.17, 15) is 0 Å². The molecule has 100 valence electrons. The van der Waals surface area contributed by atoms with Crippen LogP contribution in [0.5, 0.6) is 0 Å². The van der Waals surface area contributed by atoms with Gasteiger partial charge in [-0.25, -0.2) is 4.98 Å². The normalized spacial score (nSPS) is 11.5. The van der Waals surface area contributed by atoms with Crippen LogP contribution in [0.2, 0.25) is 0 Å². The van der Waals surface area contributed by atoms with E-state index in [4.69, 9.17) is 0 Å². The summed E-state index contributed by atoms with van der Waals surface area (Å²) in [7, 11) is 0. The monoisotopic (exact) mass is 283 g/mol. The number of hydrogen-bond acceptors (Lipinski definition) is 4. The maximum absolute atomic E-state index is 4.60. The smallest absolute Gasteiger partial charge is 0.194 e. The molecule has 0 amide bonds. The Kier molecular flexibility index (Phi) is 5.09. The van der Waals surface area contributed by atoms with Crippen molar-refractivity contribution in [1.29, 1.82) is 0 Å². The van der Waals surface area contributed by atoms with Gasteiger partial charge in [-0.05, 0) is 45.2 Å². The van der Waals surface area contributed by atoms with E-state index in [0.717, 1.165) is 23.7 Å². The fourth-order valence-corrected chi connectivity index (χ4v) is 3.50. The Hall–Kier alpha value is -0.520. The second-order valence-corrected chi connectivity index (χ2v) is 6.34. The summed E-state index contributed by atoms with van der Waals surface area (Å²) in [6.45, 7) is 6.26. The number of unbranched alkanes of at least 4 members (excludes halogenated alkanes) is 1. The van der Waals surface area contributed by atoms with Crippen LogP contribution < -0.4 is 5.32 Å². The number of rotatable bonds is 7. The summed E-state index contributed by atoms with van der Waals surface area (Å²) in [6.07, 6.45) is 4.72. The Morgan fingerprint density at radius 2 is 2.22 bits per heavy atom. The van der Waals surface area contributed by atoms with Gasteiger partial charge in [0.2, 0.25) is 0 Å². The van der Waals surface area contributed by atoms with Gasteiger partial charge in [-0.15, -0.1) is 11.3 Å². The molecule has 0 aromatic carbocycles. The molecule has 2 rings (SSSR count). The van der Waals surface area contributed by atoms with Crippen molar-refractivity contribution in [2.75, 3.05) is 18.6 Å². The van der Waals surface area contributed by atoms with Crippen LogP contribution in [0.1, 0.15) is 29.9 Å². The fourth-order valence-electron chi connectivity index (χ4n) is 2.08. The first kappa shape index (κ1) is 13.9. The lowest BCUT2D eigenvalue weighted by molar-refractivity contribution is 0.630. The molecule has 0 spiro atoms. The molecular formula is C13H21N3S2. The second-order valence-electron chi connectivity index (χ2n) is 4.52. The van der Waals surface area contributed by atoms with Gasteiger partial charge in [-0.1, -0.05) is 0 Å². The predicted octanol–water partition coefficient (Wildman–Crippen LogP) is 3.25. The Labute approximate surface area is 117 Å². The molecule has 1 N–H and O–H groups in total. The van der Waals surface area contributed by atoms with Crippen LogP contribution in [0.3, 0.4) is 0 Å². The minimum Gasteiger partial charge on any atom is -0.311 e. The van der Waals surface area contributed by atoms with Gasteiger partial charge in [0.05, 0.1) is 11.4 Å². The van der Waals surface area contributed by atoms with Crippen LogP contribution in [-0.2, 0) is 6.54 Å². The highest BCUT2D eigenvalue weighted by Gasteiger charge is 2.11. The van der Waals surface area contributed by atoms with Crippen LogP contribution in [0.15, 0.2) is 5.38 Å². The standard InChI is InChI=1S/C13H21N3S2/c1-10-9-18-13-15-11(2)12(16(10)13)8-14-6-4-5-7-17-3/h9,14H,4-8H2,1-3H3. The number of imidazole rings is 1. The van der Waals surface area contributed by atoms with Crippen LogP contribution in [-0.4, -0.2) is 27.9 Å². The van der Waals surface area contributed by atoms with E-state index in [0.29, 0.717) is 0 Å². The molecule has 0 unspecified atom stereocenters. The van der Waals surface area contributed by atoms with Gasteiger partial charge >= 0.3 is 0 Å². The molecule has 0 saturated heterocycles. The number of thioether (sulfide) groups is 1. The average molecular weight is 283 g/mol. The van der Waals surface area contributed by atoms with Gasteiger partial charge in [0, 0.05) is 17.6 Å². The first-order chi connectivity index (χ1) is 8.74. The zero-order valence-corrected chi connectivity index (χ0v) is 13.0. The lowest BCUT2D eigenvalue weighted by atomic mass is 10.3. The van der Waals surface area contributed by atoms with E-state index in [-0.39, 0.29) is 0 Å². The number of fused-ring (bicyclic) bond motifs is 1. The van der Waals surface area contributed by atoms with E-state index in [1.807, 2.05) is 11.8 Å². The van der Waals surface area contributed by atoms with Crippen molar-refractivity contribution >= 4 is 28.1 Å². The molecule has 0 atom stereocenters. The summed E-state index contributed by atoms with van der Waals surface area (Å²) in [4.78, 5) is 5.72. The number of hydrogen-bond donors (Lipinski definition) is 1. The summed E-state index contributed by atoms with van der Waals surface area (Å²) < 4.78 is 2.27. The van der Waals surface area contributed by atoms with Gasteiger partial charge in [0.1, 0.15) is 0 Å². The van der Waals surface area contributed by atoms with Crippen molar-refractivity contribution in [2.45, 2.75) is 33.2 Å². The van der Waals surface area contributed by atoms with Crippen LogP contribution in [0.25, 0.3) is 4.96 Å². The maximum Gasteiger partial charge on any atom is 0.194 e. The zero-order chi connectivity index (χ0) is 13.0. The number of aromatic nitrogens is 2. The number of aryl methyl sites for hydroxylation is 2. The minimum atomic E-state index is 0.920. The first-order valence-electron chi connectivity index (χ1n) is 6.35. The molecule has 0 bridgehead atoms. The van der Waals surface area contributed by atoms with Crippen LogP contribution >= 0.6 is 23.1 Å². The number of nitrogens with zero attached hydrogens (tertiary/aromatic N) is 2. The molecule has 18 heavy (non-hydrogen) atoms. The third-order valence-electron chi connectivity index (χ3n) is 3.07. The third-order valence-corrected chi connectivity index (χ3v) is 4.71. The summed E-state index contributed by atoms with van der Waals surface area (Å²) in [5.41, 5.74) is 3.75. The predicted molar refractivity (Wildman–Crippen MR) is 81.9 cm³/mol. The highest BCUT2D eigenvalue weighted by Crippen LogP contribution is 2.20. The summed E-state index contributed by atoms with van der Waals surface area (Å²) in [5, 5.41) is 5.70. The topological polar surface area (TPSA) is 29.3 Å². The van der Waals surface area contributed by atoms with E-state index in [2.05, 4.69) is 40.2 Å². The molecule has 0 saturated carbocycles. The van der Waals surface area contributed by atoms with Crippen molar-refractivity contribution in [3.8, 4) is 0 Å². The lowest BCUT2D eigenvalue weighted by Gasteiger charge is -2.05. The van der Waals surface area contributed by atoms with Gasteiger partial charge < -0.3 is 5.32 Å². The molecule has 0 radical (unpaired) electrons. The Balaban J connectivity index is 1.91. The molecule has 2 aromatic heterocycles. The van der Waals surface area contributed by atoms with Gasteiger partial charge in [0.15, 0.2) is 4.96 Å². The molecule has 2 aromatic rings. The van der Waals surface area contributed by atoms with E-state index in [1.54, 1.807) is 11.3 Å². The minimum absolute atomic E-state index is 0.920. The quantitative estimate of drug-likeness (QED) is 0.791. The Morgan fingerprint density at radius 3 is 3.00 bits per heavy atom. The molecule has 3 nitrogen and oxygen atoms in total. The fraction of sp³-hybridized carbons (Fsp3) is 0.615. The van der Waals surface area contributed by atoms with Crippen molar-refractivity contribution in [2.24, 2.45) is 0 Å². The molecule has 0 aliphatic carbocycles. The van der Waals surface area contributed by atoms with Crippen molar-refractivity contribution in [3.63, 3.8) is 0 Å². The SMILES string of the molecule is CSCCCCNCc1c(C)nc2scc(C)n12. The summed E-state index contributed by atoms with van der Waals surface area (Å²) in [6, 6.07) is 0. The highest BCUT2D eigenvalue weighted by molar-refractivity contribution is 7.98. The molecule has 0 aliphatic rings. The van der Waals surface area contributed by atoms with Gasteiger partial charge in [-0.3, -0.25) is 4.40 Å². The largest absolute Gasteiger partial charge is 0.311 e. The lowest BCUT2D eigenvalue weighted by Crippen LogP contribution is -2.17. The first-order valence-corrected chi connectivity index (χ1v) is 8.63. The summed E-state index contributed by atoms with van der Waals surface area (Å²) in [5.74, 6) is 1.27. The van der Waals surface area contributed by atoms with Crippen LogP contribution in [0, 0.1) is 13.8 Å². The highest BCUT2D eigenvalue weighted by atomic mass is 32.2. The zero-order valence-electron chi connectivity index (χ0n) is 11.3. The maximum atomic E-state index is 4.60. The molecule has 2 heterocycles. The second kappa shape index (κ2) is 6.59. The van der Waals surface area contributed by atoms with E-state index >= 15 is 0 Å². The van der Waals surface area contributed by atoms with E-state index < -0.39 is 0 Å². The third kappa shape index (κ3) is 3.08. The number of nitrogens with one attached hydrogen (secondary N) is 1. The molecule has 5 heteroatoms. The number of thiazole rings is 1. The molecular weight excluding hydrogens is 262 g/mol.